The van der Waals surface area contributed by atoms with Crippen molar-refractivity contribution >= 4 is 11.0 Å². The molecule has 0 atom stereocenters. The number of methoxy groups -OCH3 is 5. The van der Waals surface area contributed by atoms with E-state index in [1.54, 1.807) is 31.4 Å². The number of allylic oxidation sites excluding steroid dienone is 1. The lowest BCUT2D eigenvalue weighted by atomic mass is 10.1. The van der Waals surface area contributed by atoms with E-state index in [0.717, 1.165) is 6.42 Å². The fourth-order valence-corrected chi connectivity index (χ4v) is 3.46. The first-order valence-corrected chi connectivity index (χ1v) is 10.3. The second kappa shape index (κ2) is 10.7. The molecule has 8 heteroatoms. The van der Waals surface area contributed by atoms with Gasteiger partial charge in [-0.25, -0.2) is 0 Å². The fourth-order valence-electron chi connectivity index (χ4n) is 3.46. The Labute approximate surface area is 192 Å². The molecule has 2 aromatic carbocycles. The summed E-state index contributed by atoms with van der Waals surface area (Å²) in [5.41, 5.74) is 0.333. The molecule has 0 amide bonds. The molecule has 0 aliphatic carbocycles. The Hall–Kier alpha value is -3.81. The van der Waals surface area contributed by atoms with Gasteiger partial charge in [0.05, 0.1) is 35.5 Å². The molecule has 0 aliphatic heterocycles. The Morgan fingerprint density at radius 1 is 0.788 bits per heavy atom. The van der Waals surface area contributed by atoms with Crippen LogP contribution in [0.25, 0.3) is 22.3 Å². The summed E-state index contributed by atoms with van der Waals surface area (Å²) >= 11 is 0. The zero-order valence-electron chi connectivity index (χ0n) is 19.6. The van der Waals surface area contributed by atoms with Crippen LogP contribution in [-0.2, 0) is 0 Å². The van der Waals surface area contributed by atoms with Gasteiger partial charge in [-0.3, -0.25) is 4.79 Å². The fraction of sp³-hybridized carbons (Fsp3) is 0.320. The summed E-state index contributed by atoms with van der Waals surface area (Å²) in [7, 11) is 7.43. The third-order valence-corrected chi connectivity index (χ3v) is 5.02. The zero-order chi connectivity index (χ0) is 24.0. The lowest BCUT2D eigenvalue weighted by Gasteiger charge is -2.17. The predicted octanol–water partition coefficient (Wildman–Crippen LogP) is 4.85. The van der Waals surface area contributed by atoms with Crippen LogP contribution in [0.2, 0.25) is 0 Å². The highest BCUT2D eigenvalue weighted by atomic mass is 16.5. The normalized spacial score (nSPS) is 11.0. The Morgan fingerprint density at radius 3 is 2.09 bits per heavy atom. The van der Waals surface area contributed by atoms with Gasteiger partial charge in [0.2, 0.25) is 16.9 Å². The van der Waals surface area contributed by atoms with Gasteiger partial charge in [0.1, 0.15) is 17.7 Å². The van der Waals surface area contributed by atoms with E-state index in [-0.39, 0.29) is 34.0 Å². The number of hydrogen-bond donors (Lipinski definition) is 0. The van der Waals surface area contributed by atoms with Crippen molar-refractivity contribution in [2.75, 3.05) is 42.2 Å². The molecule has 8 nitrogen and oxygen atoms in total. The number of benzene rings is 2. The number of fused-ring (bicyclic) bond motifs is 1. The standard InChI is InChI=1S/C25H28O8/c1-7-8-9-12-32-19-14-18(29-4)20-21(26)25(31-6)22(33-24(20)23(19)30-5)15-10-11-16(27-2)17(13-15)28-3/h8-11,13-14H,7,12H2,1-6H3. The van der Waals surface area contributed by atoms with Crippen molar-refractivity contribution in [1.82, 2.24) is 0 Å². The Balaban J connectivity index is 2.32. The lowest BCUT2D eigenvalue weighted by molar-refractivity contribution is 0.321. The average Bonchev–Trinajstić information content (AvgIpc) is 2.85. The molecule has 0 unspecified atom stereocenters. The van der Waals surface area contributed by atoms with Crippen molar-refractivity contribution < 1.29 is 32.8 Å². The maximum absolute atomic E-state index is 13.5. The molecule has 0 saturated heterocycles. The zero-order valence-corrected chi connectivity index (χ0v) is 19.6. The molecule has 33 heavy (non-hydrogen) atoms. The van der Waals surface area contributed by atoms with Gasteiger partial charge in [-0.1, -0.05) is 19.1 Å². The van der Waals surface area contributed by atoms with Crippen molar-refractivity contribution in [3.63, 3.8) is 0 Å². The van der Waals surface area contributed by atoms with Crippen LogP contribution in [0.4, 0.5) is 0 Å². The number of hydrogen-bond acceptors (Lipinski definition) is 8. The molecular formula is C25H28O8. The molecule has 0 N–H and O–H groups in total. The summed E-state index contributed by atoms with van der Waals surface area (Å²) in [6.45, 7) is 2.36. The van der Waals surface area contributed by atoms with Gasteiger partial charge in [-0.2, -0.15) is 0 Å². The molecule has 0 fully saturated rings. The van der Waals surface area contributed by atoms with E-state index in [0.29, 0.717) is 29.4 Å². The van der Waals surface area contributed by atoms with Crippen LogP contribution in [0.5, 0.6) is 34.5 Å². The van der Waals surface area contributed by atoms with Gasteiger partial charge in [-0.15, -0.1) is 0 Å². The minimum Gasteiger partial charge on any atom is -0.496 e. The monoisotopic (exact) mass is 456 g/mol. The van der Waals surface area contributed by atoms with Crippen molar-refractivity contribution in [2.24, 2.45) is 0 Å². The predicted molar refractivity (Wildman–Crippen MR) is 126 cm³/mol. The quantitative estimate of drug-likeness (QED) is 0.400. The van der Waals surface area contributed by atoms with E-state index < -0.39 is 5.43 Å². The average molecular weight is 456 g/mol. The highest BCUT2D eigenvalue weighted by Crippen LogP contribution is 2.44. The minimum absolute atomic E-state index is 0.0228. The molecular weight excluding hydrogens is 428 g/mol. The summed E-state index contributed by atoms with van der Waals surface area (Å²) in [4.78, 5) is 13.5. The van der Waals surface area contributed by atoms with Crippen molar-refractivity contribution in [1.29, 1.82) is 0 Å². The van der Waals surface area contributed by atoms with Crippen LogP contribution >= 0.6 is 0 Å². The van der Waals surface area contributed by atoms with Gasteiger partial charge in [-0.05, 0) is 24.6 Å². The molecule has 0 aliphatic rings. The summed E-state index contributed by atoms with van der Waals surface area (Å²) < 4.78 is 39.3. The lowest BCUT2D eigenvalue weighted by Crippen LogP contribution is -2.10. The minimum atomic E-state index is -0.406. The Bertz CT molecular complexity index is 1210. The van der Waals surface area contributed by atoms with Gasteiger partial charge < -0.3 is 32.8 Å². The Kier molecular flexibility index (Phi) is 7.71. The third-order valence-electron chi connectivity index (χ3n) is 5.02. The van der Waals surface area contributed by atoms with Gasteiger partial charge >= 0.3 is 0 Å². The van der Waals surface area contributed by atoms with Crippen LogP contribution in [-0.4, -0.2) is 42.2 Å². The third kappa shape index (κ3) is 4.55. The van der Waals surface area contributed by atoms with Crippen LogP contribution in [0.1, 0.15) is 13.3 Å². The van der Waals surface area contributed by atoms with Crippen molar-refractivity contribution in [3.8, 4) is 45.8 Å². The highest BCUT2D eigenvalue weighted by molar-refractivity contribution is 5.93. The van der Waals surface area contributed by atoms with Crippen LogP contribution in [0.15, 0.2) is 45.6 Å². The molecule has 1 aromatic heterocycles. The van der Waals surface area contributed by atoms with E-state index in [9.17, 15) is 4.79 Å². The first kappa shape index (κ1) is 23.8. The number of ether oxygens (including phenoxy) is 6. The summed E-state index contributed by atoms with van der Waals surface area (Å²) in [6.07, 6.45) is 4.78. The summed E-state index contributed by atoms with van der Waals surface area (Å²) in [6, 6.07) is 6.77. The van der Waals surface area contributed by atoms with E-state index in [2.05, 4.69) is 0 Å². The molecule has 0 bridgehead atoms. The first-order chi connectivity index (χ1) is 16.0. The molecule has 3 rings (SSSR count). The number of rotatable bonds is 10. The molecule has 0 spiro atoms. The van der Waals surface area contributed by atoms with Gasteiger partial charge in [0, 0.05) is 11.6 Å². The van der Waals surface area contributed by atoms with Crippen LogP contribution in [0.3, 0.4) is 0 Å². The van der Waals surface area contributed by atoms with E-state index >= 15 is 0 Å². The van der Waals surface area contributed by atoms with Gasteiger partial charge in [0.15, 0.2) is 28.6 Å². The highest BCUT2D eigenvalue weighted by Gasteiger charge is 2.26. The van der Waals surface area contributed by atoms with Crippen LogP contribution < -0.4 is 33.8 Å². The van der Waals surface area contributed by atoms with Gasteiger partial charge in [0.25, 0.3) is 0 Å². The smallest absolute Gasteiger partial charge is 0.239 e. The van der Waals surface area contributed by atoms with Crippen molar-refractivity contribution in [2.45, 2.75) is 13.3 Å². The Morgan fingerprint density at radius 2 is 1.48 bits per heavy atom. The second-order valence-electron chi connectivity index (χ2n) is 6.87. The maximum atomic E-state index is 13.5. The summed E-state index contributed by atoms with van der Waals surface area (Å²) in [5.74, 6) is 2.19. The molecule has 1 heterocycles. The second-order valence-corrected chi connectivity index (χ2v) is 6.87. The van der Waals surface area contributed by atoms with Crippen molar-refractivity contribution in [3.05, 3.63) is 46.6 Å². The van der Waals surface area contributed by atoms with E-state index in [1.807, 2.05) is 19.1 Å². The maximum Gasteiger partial charge on any atom is 0.239 e. The molecule has 176 valence electrons. The molecule has 0 radical (unpaired) electrons. The van der Waals surface area contributed by atoms with Crippen LogP contribution in [0, 0.1) is 0 Å². The molecule has 3 aromatic rings. The summed E-state index contributed by atoms with van der Waals surface area (Å²) in [5, 5.41) is 0.187. The topological polar surface area (TPSA) is 85.6 Å². The molecule has 0 saturated carbocycles. The largest absolute Gasteiger partial charge is 0.496 e. The van der Waals surface area contributed by atoms with E-state index in [4.69, 9.17) is 32.8 Å². The first-order valence-electron chi connectivity index (χ1n) is 10.3. The SMILES string of the molecule is CCC=CCOc1cc(OC)c2c(=O)c(OC)c(-c3ccc(OC)c(OC)c3)oc2c1OC. The van der Waals surface area contributed by atoms with E-state index in [1.165, 1.54) is 28.4 Å².